The Morgan fingerprint density at radius 2 is 1.79 bits per heavy atom. The van der Waals surface area contributed by atoms with E-state index in [-0.39, 0.29) is 11.0 Å². The fourth-order valence-electron chi connectivity index (χ4n) is 3.06. The Hall–Kier alpha value is -2.70. The maximum absolute atomic E-state index is 13.0. The maximum atomic E-state index is 13.0. The number of nitrogens with zero attached hydrogens (tertiary/aromatic N) is 3. The minimum absolute atomic E-state index is 0.0957. The molecule has 146 valence electrons. The summed E-state index contributed by atoms with van der Waals surface area (Å²) in [5.41, 5.74) is 4.03. The molecule has 2 aromatic carbocycles. The van der Waals surface area contributed by atoms with Crippen molar-refractivity contribution in [1.82, 2.24) is 14.8 Å². The smallest absolute Gasteiger partial charge is 0.196 e. The minimum atomic E-state index is -0.278. The molecule has 2 aromatic heterocycles. The fraction of sp³-hybridized carbons (Fsp3) is 0.174. The average Bonchev–Trinajstić information content (AvgIpc) is 3.40. The second-order valence-corrected chi connectivity index (χ2v) is 9.13. The van der Waals surface area contributed by atoms with Crippen molar-refractivity contribution in [1.29, 1.82) is 0 Å². The summed E-state index contributed by atoms with van der Waals surface area (Å²) in [7, 11) is 0. The molecule has 4 nitrogen and oxygen atoms in total. The summed E-state index contributed by atoms with van der Waals surface area (Å²) in [4.78, 5) is 14.1. The molecule has 0 unspecified atom stereocenters. The van der Waals surface area contributed by atoms with Crippen LogP contribution in [-0.4, -0.2) is 25.8 Å². The molecule has 0 aliphatic rings. The van der Waals surface area contributed by atoms with E-state index >= 15 is 0 Å². The van der Waals surface area contributed by atoms with E-state index in [0.29, 0.717) is 5.16 Å². The van der Waals surface area contributed by atoms with E-state index in [1.807, 2.05) is 84.5 Å². The number of Topliss-reactive ketones (excluding diaryl/α,β-unsaturated/α-hetero) is 1. The van der Waals surface area contributed by atoms with Crippen molar-refractivity contribution in [2.24, 2.45) is 0 Å². The predicted molar refractivity (Wildman–Crippen MR) is 120 cm³/mol. The maximum Gasteiger partial charge on any atom is 0.196 e. The lowest BCUT2D eigenvalue weighted by atomic mass is 10.0. The summed E-state index contributed by atoms with van der Waals surface area (Å²) in [6, 6.07) is 19.9. The predicted octanol–water partition coefficient (Wildman–Crippen LogP) is 5.98. The zero-order chi connectivity index (χ0) is 20.4. The number of thioether (sulfide) groups is 1. The van der Waals surface area contributed by atoms with Gasteiger partial charge in [-0.2, -0.15) is 0 Å². The van der Waals surface area contributed by atoms with Crippen LogP contribution in [0, 0.1) is 13.8 Å². The van der Waals surface area contributed by atoms with Crippen LogP contribution in [0.2, 0.25) is 0 Å². The van der Waals surface area contributed by atoms with E-state index in [9.17, 15) is 4.79 Å². The van der Waals surface area contributed by atoms with Crippen LogP contribution in [0.1, 0.15) is 28.4 Å². The normalized spacial score (nSPS) is 12.1. The largest absolute Gasteiger partial charge is 0.293 e. The summed E-state index contributed by atoms with van der Waals surface area (Å²) < 4.78 is 2.03. The van der Waals surface area contributed by atoms with Crippen molar-refractivity contribution in [2.75, 3.05) is 0 Å². The molecule has 6 heteroatoms. The first-order valence-electron chi connectivity index (χ1n) is 9.37. The molecule has 4 rings (SSSR count). The second kappa shape index (κ2) is 8.35. The minimum Gasteiger partial charge on any atom is -0.293 e. The van der Waals surface area contributed by atoms with Gasteiger partial charge in [-0.05, 0) is 61.5 Å². The number of para-hydroxylation sites is 1. The van der Waals surface area contributed by atoms with Gasteiger partial charge >= 0.3 is 0 Å². The highest BCUT2D eigenvalue weighted by Gasteiger charge is 2.23. The third kappa shape index (κ3) is 4.04. The molecule has 0 aliphatic carbocycles. The Labute approximate surface area is 178 Å². The van der Waals surface area contributed by atoms with Crippen molar-refractivity contribution >= 4 is 28.9 Å². The van der Waals surface area contributed by atoms with Gasteiger partial charge in [-0.1, -0.05) is 48.2 Å². The summed E-state index contributed by atoms with van der Waals surface area (Å²) in [6.45, 7) is 6.01. The van der Waals surface area contributed by atoms with Crippen LogP contribution >= 0.6 is 23.1 Å². The molecular formula is C23H21N3OS2. The molecule has 0 radical (unpaired) electrons. The number of rotatable bonds is 6. The number of aryl methyl sites for hydroxylation is 2. The lowest BCUT2D eigenvalue weighted by Crippen LogP contribution is -2.15. The summed E-state index contributed by atoms with van der Waals surface area (Å²) in [6.07, 6.45) is 0. The molecule has 0 amide bonds. The van der Waals surface area contributed by atoms with Crippen molar-refractivity contribution in [3.8, 4) is 16.4 Å². The molecule has 29 heavy (non-hydrogen) atoms. The van der Waals surface area contributed by atoms with Crippen molar-refractivity contribution in [3.05, 3.63) is 82.7 Å². The van der Waals surface area contributed by atoms with E-state index in [0.717, 1.165) is 27.5 Å². The molecule has 0 aliphatic heterocycles. The number of benzene rings is 2. The number of carbonyl (C=O) groups excluding carboxylic acids is 1. The Kier molecular flexibility index (Phi) is 5.65. The van der Waals surface area contributed by atoms with E-state index in [2.05, 4.69) is 17.1 Å². The molecule has 0 fully saturated rings. The topological polar surface area (TPSA) is 47.8 Å². The molecule has 1 atom stereocenters. The van der Waals surface area contributed by atoms with Crippen molar-refractivity contribution < 1.29 is 4.79 Å². The SMILES string of the molecule is Cc1ccc(C(=O)[C@H](C)Sc2nnc(-c3cccs3)n2-c2ccccc2)cc1C. The highest BCUT2D eigenvalue weighted by molar-refractivity contribution is 8.00. The van der Waals surface area contributed by atoms with Crippen LogP contribution < -0.4 is 0 Å². The van der Waals surface area contributed by atoms with Gasteiger partial charge in [0.15, 0.2) is 16.8 Å². The third-order valence-electron chi connectivity index (χ3n) is 4.83. The van der Waals surface area contributed by atoms with E-state index < -0.39 is 0 Å². The van der Waals surface area contributed by atoms with Gasteiger partial charge < -0.3 is 0 Å². The number of hydrogen-bond acceptors (Lipinski definition) is 5. The van der Waals surface area contributed by atoms with Crippen LogP contribution in [0.3, 0.4) is 0 Å². The van der Waals surface area contributed by atoms with Gasteiger partial charge in [-0.3, -0.25) is 9.36 Å². The fourth-order valence-corrected chi connectivity index (χ4v) is 4.71. The van der Waals surface area contributed by atoms with Crippen LogP contribution in [0.15, 0.2) is 71.2 Å². The Bertz CT molecular complexity index is 1130. The van der Waals surface area contributed by atoms with Gasteiger partial charge in [0.1, 0.15) is 0 Å². The molecule has 0 N–H and O–H groups in total. The van der Waals surface area contributed by atoms with Gasteiger partial charge in [-0.15, -0.1) is 21.5 Å². The lowest BCUT2D eigenvalue weighted by molar-refractivity contribution is 0.0993. The molecule has 4 aromatic rings. The molecular weight excluding hydrogens is 398 g/mol. The van der Waals surface area contributed by atoms with Crippen LogP contribution in [0.4, 0.5) is 0 Å². The Balaban J connectivity index is 1.68. The monoisotopic (exact) mass is 419 g/mol. The first-order valence-corrected chi connectivity index (χ1v) is 11.1. The number of thiophene rings is 1. The van der Waals surface area contributed by atoms with Crippen molar-refractivity contribution in [3.63, 3.8) is 0 Å². The van der Waals surface area contributed by atoms with Gasteiger partial charge in [0, 0.05) is 11.3 Å². The van der Waals surface area contributed by atoms with Crippen LogP contribution in [-0.2, 0) is 0 Å². The standard InChI is InChI=1S/C23H21N3OS2/c1-15-11-12-18(14-16(15)2)21(27)17(3)29-23-25-24-22(20-10-7-13-28-20)26(23)19-8-5-4-6-9-19/h4-14,17H,1-3H3/t17-/m0/s1. The first kappa shape index (κ1) is 19.6. The van der Waals surface area contributed by atoms with Gasteiger partial charge in [0.25, 0.3) is 0 Å². The van der Waals surface area contributed by atoms with E-state index in [4.69, 9.17) is 0 Å². The zero-order valence-corrected chi connectivity index (χ0v) is 18.1. The number of carbonyl (C=O) groups is 1. The molecule has 0 saturated heterocycles. The summed E-state index contributed by atoms with van der Waals surface area (Å²) in [5, 5.41) is 11.3. The lowest BCUT2D eigenvalue weighted by Gasteiger charge is -2.13. The molecule has 0 saturated carbocycles. The van der Waals surface area contributed by atoms with Crippen LogP contribution in [0.5, 0.6) is 0 Å². The quantitative estimate of drug-likeness (QED) is 0.285. The average molecular weight is 420 g/mol. The second-order valence-electron chi connectivity index (χ2n) is 6.88. The highest BCUT2D eigenvalue weighted by Crippen LogP contribution is 2.32. The third-order valence-corrected chi connectivity index (χ3v) is 6.74. The number of ketones is 1. The Morgan fingerprint density at radius 3 is 2.48 bits per heavy atom. The number of aromatic nitrogens is 3. The summed E-state index contributed by atoms with van der Waals surface area (Å²) >= 11 is 3.06. The molecule has 0 spiro atoms. The molecule has 0 bridgehead atoms. The molecule has 2 heterocycles. The van der Waals surface area contributed by atoms with Crippen molar-refractivity contribution in [2.45, 2.75) is 31.2 Å². The van der Waals surface area contributed by atoms with Gasteiger partial charge in [-0.25, -0.2) is 0 Å². The van der Waals surface area contributed by atoms with Gasteiger partial charge in [0.2, 0.25) is 0 Å². The van der Waals surface area contributed by atoms with Crippen LogP contribution in [0.25, 0.3) is 16.4 Å². The van der Waals surface area contributed by atoms with E-state index in [1.165, 1.54) is 17.3 Å². The number of hydrogen-bond donors (Lipinski definition) is 0. The zero-order valence-electron chi connectivity index (χ0n) is 16.5. The highest BCUT2D eigenvalue weighted by atomic mass is 32.2. The van der Waals surface area contributed by atoms with Gasteiger partial charge in [0.05, 0.1) is 10.1 Å². The Morgan fingerprint density at radius 1 is 1.00 bits per heavy atom. The first-order chi connectivity index (χ1) is 14.0. The van der Waals surface area contributed by atoms with E-state index in [1.54, 1.807) is 11.3 Å². The summed E-state index contributed by atoms with van der Waals surface area (Å²) in [5.74, 6) is 0.887.